The van der Waals surface area contributed by atoms with E-state index in [2.05, 4.69) is 5.10 Å². The summed E-state index contributed by atoms with van der Waals surface area (Å²) in [6.45, 7) is 0. The summed E-state index contributed by atoms with van der Waals surface area (Å²) < 4.78 is 1.53. The quantitative estimate of drug-likeness (QED) is 0.822. The Kier molecular flexibility index (Phi) is 2.54. The van der Waals surface area contributed by atoms with Crippen LogP contribution in [0.1, 0.15) is 10.4 Å². The molecular formula is C10H9ClN4O. The van der Waals surface area contributed by atoms with E-state index < -0.39 is 5.91 Å². The number of amides is 1. The first-order valence-corrected chi connectivity index (χ1v) is 4.86. The minimum Gasteiger partial charge on any atom is -0.381 e. The van der Waals surface area contributed by atoms with Crippen molar-refractivity contribution < 1.29 is 4.79 Å². The van der Waals surface area contributed by atoms with E-state index in [4.69, 9.17) is 23.1 Å². The first kappa shape index (κ1) is 10.5. The molecule has 1 aromatic heterocycles. The molecule has 16 heavy (non-hydrogen) atoms. The second-order valence-corrected chi connectivity index (χ2v) is 3.63. The fourth-order valence-corrected chi connectivity index (χ4v) is 1.41. The number of nitrogen functional groups attached to an aromatic ring is 1. The molecule has 1 amide bonds. The first-order chi connectivity index (χ1) is 7.58. The Balaban J connectivity index is 2.38. The highest BCUT2D eigenvalue weighted by molar-refractivity contribution is 6.32. The van der Waals surface area contributed by atoms with Crippen LogP contribution in [0.25, 0.3) is 5.69 Å². The lowest BCUT2D eigenvalue weighted by Gasteiger charge is -2.01. The van der Waals surface area contributed by atoms with Crippen molar-refractivity contribution in [3.8, 4) is 5.69 Å². The van der Waals surface area contributed by atoms with E-state index in [0.717, 1.165) is 5.69 Å². The van der Waals surface area contributed by atoms with Gasteiger partial charge in [0.2, 0.25) is 5.91 Å². The van der Waals surface area contributed by atoms with Gasteiger partial charge >= 0.3 is 0 Å². The molecule has 6 heteroatoms. The van der Waals surface area contributed by atoms with Crippen LogP contribution in [-0.2, 0) is 0 Å². The first-order valence-electron chi connectivity index (χ1n) is 4.49. The minimum absolute atomic E-state index is 0.264. The van der Waals surface area contributed by atoms with Gasteiger partial charge in [-0.1, -0.05) is 11.6 Å². The van der Waals surface area contributed by atoms with Crippen molar-refractivity contribution in [3.63, 3.8) is 0 Å². The van der Waals surface area contributed by atoms with E-state index >= 15 is 0 Å². The Morgan fingerprint density at radius 3 is 2.38 bits per heavy atom. The number of carbonyl (C=O) groups is 1. The lowest BCUT2D eigenvalue weighted by Crippen LogP contribution is -2.10. The maximum atomic E-state index is 10.9. The van der Waals surface area contributed by atoms with Crippen LogP contribution in [0.3, 0.4) is 0 Å². The molecule has 1 heterocycles. The van der Waals surface area contributed by atoms with Crippen LogP contribution in [0, 0.1) is 0 Å². The molecule has 4 N–H and O–H groups in total. The highest BCUT2D eigenvalue weighted by Crippen LogP contribution is 2.18. The second-order valence-electron chi connectivity index (χ2n) is 3.22. The van der Waals surface area contributed by atoms with Crippen LogP contribution in [-0.4, -0.2) is 15.7 Å². The number of rotatable bonds is 2. The summed E-state index contributed by atoms with van der Waals surface area (Å²) in [7, 11) is 0. The molecule has 2 rings (SSSR count). The summed E-state index contributed by atoms with van der Waals surface area (Å²) in [6.07, 6.45) is 1.59. The number of nitrogens with two attached hydrogens (primary N) is 2. The fraction of sp³-hybridized carbons (Fsp3) is 0. The SMILES string of the molecule is NC(=O)c1ccc(-n2cc(Cl)c(N)n2)cc1. The van der Waals surface area contributed by atoms with Gasteiger partial charge < -0.3 is 11.5 Å². The van der Waals surface area contributed by atoms with Crippen LogP contribution < -0.4 is 11.5 Å². The number of anilines is 1. The summed E-state index contributed by atoms with van der Waals surface area (Å²) in [4.78, 5) is 10.9. The topological polar surface area (TPSA) is 86.9 Å². The molecule has 0 saturated heterocycles. The number of hydrogen-bond donors (Lipinski definition) is 2. The van der Waals surface area contributed by atoms with Gasteiger partial charge in [0.05, 0.1) is 11.9 Å². The predicted molar refractivity (Wildman–Crippen MR) is 61.5 cm³/mol. The molecule has 0 spiro atoms. The van der Waals surface area contributed by atoms with Crippen molar-refractivity contribution in [3.05, 3.63) is 41.0 Å². The zero-order chi connectivity index (χ0) is 11.7. The summed E-state index contributed by atoms with van der Waals surface area (Å²) >= 11 is 5.78. The van der Waals surface area contributed by atoms with Crippen LogP contribution in [0.4, 0.5) is 5.82 Å². The van der Waals surface area contributed by atoms with Gasteiger partial charge in [-0.05, 0) is 24.3 Å². The maximum absolute atomic E-state index is 10.9. The number of nitrogens with zero attached hydrogens (tertiary/aromatic N) is 2. The Morgan fingerprint density at radius 1 is 1.31 bits per heavy atom. The molecule has 1 aromatic carbocycles. The molecule has 0 aliphatic heterocycles. The standard InChI is InChI=1S/C10H9ClN4O/c11-8-5-15(14-9(8)12)7-3-1-6(2-4-7)10(13)16/h1-5H,(H2,12,14)(H2,13,16). The smallest absolute Gasteiger partial charge is 0.248 e. The maximum Gasteiger partial charge on any atom is 0.248 e. The van der Waals surface area contributed by atoms with Gasteiger partial charge in [0.15, 0.2) is 5.82 Å². The summed E-state index contributed by atoms with van der Waals surface area (Å²) in [6, 6.07) is 6.65. The van der Waals surface area contributed by atoms with E-state index in [1.54, 1.807) is 30.5 Å². The van der Waals surface area contributed by atoms with E-state index in [1.807, 2.05) is 0 Å². The van der Waals surface area contributed by atoms with Crippen molar-refractivity contribution in [1.82, 2.24) is 9.78 Å². The third kappa shape index (κ3) is 1.85. The van der Waals surface area contributed by atoms with Gasteiger partial charge in [-0.25, -0.2) is 4.68 Å². The predicted octanol–water partition coefficient (Wildman–Crippen LogP) is 1.21. The van der Waals surface area contributed by atoms with Crippen molar-refractivity contribution >= 4 is 23.3 Å². The highest BCUT2D eigenvalue weighted by Gasteiger charge is 2.05. The third-order valence-electron chi connectivity index (χ3n) is 2.11. The molecule has 2 aromatic rings. The van der Waals surface area contributed by atoms with Crippen LogP contribution in [0.5, 0.6) is 0 Å². The molecule has 5 nitrogen and oxygen atoms in total. The van der Waals surface area contributed by atoms with Crippen LogP contribution in [0.15, 0.2) is 30.5 Å². The number of aromatic nitrogens is 2. The van der Waals surface area contributed by atoms with Gasteiger partial charge in [-0.2, -0.15) is 0 Å². The molecule has 0 fully saturated rings. The van der Waals surface area contributed by atoms with Crippen LogP contribution >= 0.6 is 11.6 Å². The molecular weight excluding hydrogens is 228 g/mol. The second kappa shape index (κ2) is 3.86. The van der Waals surface area contributed by atoms with Crippen LogP contribution in [0.2, 0.25) is 5.02 Å². The van der Waals surface area contributed by atoms with Crippen molar-refractivity contribution in [1.29, 1.82) is 0 Å². The van der Waals surface area contributed by atoms with Gasteiger partial charge in [-0.3, -0.25) is 4.79 Å². The fourth-order valence-electron chi connectivity index (χ4n) is 1.28. The Hall–Kier alpha value is -2.01. The minimum atomic E-state index is -0.468. The lowest BCUT2D eigenvalue weighted by molar-refractivity contribution is 0.100. The number of carbonyl (C=O) groups excluding carboxylic acids is 1. The summed E-state index contributed by atoms with van der Waals surface area (Å²) in [5, 5.41) is 4.39. The van der Waals surface area contributed by atoms with E-state index in [-0.39, 0.29) is 5.82 Å². The molecule has 0 bridgehead atoms. The normalized spacial score (nSPS) is 10.3. The number of hydrogen-bond acceptors (Lipinski definition) is 3. The van der Waals surface area contributed by atoms with Gasteiger partial charge in [0, 0.05) is 5.56 Å². The number of benzene rings is 1. The van der Waals surface area contributed by atoms with E-state index in [1.165, 1.54) is 4.68 Å². The molecule has 82 valence electrons. The average molecular weight is 237 g/mol. The molecule has 0 saturated carbocycles. The van der Waals surface area contributed by atoms with Crippen molar-refractivity contribution in [2.45, 2.75) is 0 Å². The average Bonchev–Trinajstić information content (AvgIpc) is 2.59. The van der Waals surface area contributed by atoms with Crippen molar-refractivity contribution in [2.24, 2.45) is 5.73 Å². The monoisotopic (exact) mass is 236 g/mol. The van der Waals surface area contributed by atoms with E-state index in [0.29, 0.717) is 10.6 Å². The largest absolute Gasteiger partial charge is 0.381 e. The van der Waals surface area contributed by atoms with Gasteiger partial charge in [0.1, 0.15) is 5.02 Å². The molecule has 0 atom stereocenters. The third-order valence-corrected chi connectivity index (χ3v) is 2.40. The zero-order valence-electron chi connectivity index (χ0n) is 8.22. The van der Waals surface area contributed by atoms with Crippen molar-refractivity contribution in [2.75, 3.05) is 5.73 Å². The molecule has 0 aliphatic carbocycles. The van der Waals surface area contributed by atoms with Gasteiger partial charge in [-0.15, -0.1) is 5.10 Å². The summed E-state index contributed by atoms with van der Waals surface area (Å²) in [5.74, 6) is -0.204. The Labute approximate surface area is 96.6 Å². The molecule has 0 radical (unpaired) electrons. The lowest BCUT2D eigenvalue weighted by atomic mass is 10.2. The number of primary amides is 1. The molecule has 0 unspecified atom stereocenters. The summed E-state index contributed by atoms with van der Waals surface area (Å²) in [5.41, 5.74) is 11.8. The Bertz CT molecular complexity index is 513. The van der Waals surface area contributed by atoms with E-state index in [9.17, 15) is 4.79 Å². The van der Waals surface area contributed by atoms with Gasteiger partial charge in [0.25, 0.3) is 0 Å². The zero-order valence-corrected chi connectivity index (χ0v) is 8.98. The highest BCUT2D eigenvalue weighted by atomic mass is 35.5. The molecule has 0 aliphatic rings. The number of halogens is 1. The Morgan fingerprint density at radius 2 is 1.94 bits per heavy atom.